The first kappa shape index (κ1) is 23.5. The molecule has 172 valence electrons. The van der Waals surface area contributed by atoms with Gasteiger partial charge in [-0.2, -0.15) is 0 Å². The van der Waals surface area contributed by atoms with E-state index in [9.17, 15) is 4.79 Å². The molecule has 3 heterocycles. The van der Waals surface area contributed by atoms with Crippen LogP contribution in [0.5, 0.6) is 5.75 Å². The molecular weight excluding hydrogens is 459 g/mol. The van der Waals surface area contributed by atoms with Crippen molar-refractivity contribution in [1.82, 2.24) is 15.3 Å². The van der Waals surface area contributed by atoms with E-state index in [4.69, 9.17) is 27.9 Å². The highest BCUT2D eigenvalue weighted by Gasteiger charge is 2.41. The van der Waals surface area contributed by atoms with Gasteiger partial charge in [0.05, 0.1) is 10.0 Å². The highest BCUT2D eigenvalue weighted by Crippen LogP contribution is 2.40. The number of hydrogen-bond acceptors (Lipinski definition) is 5. The van der Waals surface area contributed by atoms with Crippen LogP contribution in [-0.4, -0.2) is 42.1 Å². The van der Waals surface area contributed by atoms with E-state index in [1.165, 1.54) is 0 Å². The summed E-state index contributed by atoms with van der Waals surface area (Å²) in [5.74, 6) is 1.56. The van der Waals surface area contributed by atoms with Crippen LogP contribution in [-0.2, 0) is 10.2 Å². The van der Waals surface area contributed by atoms with E-state index in [2.05, 4.69) is 15.3 Å². The van der Waals surface area contributed by atoms with Crippen molar-refractivity contribution in [2.75, 3.05) is 31.1 Å². The molecule has 33 heavy (non-hydrogen) atoms. The van der Waals surface area contributed by atoms with Crippen molar-refractivity contribution < 1.29 is 9.53 Å². The number of carbonyl (C=O) groups is 1. The van der Waals surface area contributed by atoms with Crippen LogP contribution >= 0.6 is 23.2 Å². The standard InChI is InChI=1S/C25H26Cl2N4O2/c26-21-5-4-19(17-22(21)27)25(10-14-29-15-16-33-20-7-12-28-13-8-20)9-6-24(32)31(18-25)23-3-1-2-11-30-23/h1-5,7-8,11-13,17,29H,6,9-10,14-16,18H2/t25-/m1/s1. The van der Waals surface area contributed by atoms with Gasteiger partial charge in [-0.05, 0) is 61.3 Å². The zero-order valence-electron chi connectivity index (χ0n) is 18.2. The third kappa shape index (κ3) is 5.82. The second-order valence-electron chi connectivity index (χ2n) is 8.11. The number of pyridine rings is 2. The van der Waals surface area contributed by atoms with Crippen molar-refractivity contribution in [2.24, 2.45) is 0 Å². The van der Waals surface area contributed by atoms with E-state index in [-0.39, 0.29) is 11.3 Å². The Balaban J connectivity index is 1.46. The lowest BCUT2D eigenvalue weighted by Crippen LogP contribution is -2.50. The summed E-state index contributed by atoms with van der Waals surface area (Å²) in [7, 11) is 0. The summed E-state index contributed by atoms with van der Waals surface area (Å²) in [6.45, 7) is 2.57. The highest BCUT2D eigenvalue weighted by molar-refractivity contribution is 6.42. The minimum Gasteiger partial charge on any atom is -0.492 e. The number of carbonyl (C=O) groups excluding carboxylic acids is 1. The van der Waals surface area contributed by atoms with Gasteiger partial charge in [-0.25, -0.2) is 4.98 Å². The minimum absolute atomic E-state index is 0.0862. The molecule has 0 spiro atoms. The van der Waals surface area contributed by atoms with Gasteiger partial charge in [-0.3, -0.25) is 14.7 Å². The highest BCUT2D eigenvalue weighted by atomic mass is 35.5. The van der Waals surface area contributed by atoms with Crippen molar-refractivity contribution in [3.63, 3.8) is 0 Å². The van der Waals surface area contributed by atoms with Gasteiger partial charge in [0.1, 0.15) is 18.2 Å². The topological polar surface area (TPSA) is 67.3 Å². The Bertz CT molecular complexity index is 1070. The van der Waals surface area contributed by atoms with E-state index in [1.54, 1.807) is 23.5 Å². The molecule has 6 nitrogen and oxygen atoms in total. The van der Waals surface area contributed by atoms with E-state index >= 15 is 0 Å². The van der Waals surface area contributed by atoms with Crippen LogP contribution in [0.4, 0.5) is 5.82 Å². The number of amides is 1. The predicted octanol–water partition coefficient (Wildman–Crippen LogP) is 4.91. The summed E-state index contributed by atoms with van der Waals surface area (Å²) >= 11 is 12.6. The zero-order valence-corrected chi connectivity index (χ0v) is 19.7. The summed E-state index contributed by atoms with van der Waals surface area (Å²) in [5, 5.41) is 4.52. The van der Waals surface area contributed by atoms with Gasteiger partial charge in [0.25, 0.3) is 0 Å². The number of piperidine rings is 1. The first-order chi connectivity index (χ1) is 16.1. The smallest absolute Gasteiger partial charge is 0.228 e. The Hall–Kier alpha value is -2.67. The second kappa shape index (κ2) is 11.0. The van der Waals surface area contributed by atoms with Crippen LogP contribution in [0.25, 0.3) is 0 Å². The molecule has 2 aromatic heterocycles. The van der Waals surface area contributed by atoms with Crippen molar-refractivity contribution in [3.05, 3.63) is 82.7 Å². The van der Waals surface area contributed by atoms with Gasteiger partial charge in [0, 0.05) is 43.5 Å². The number of anilines is 1. The number of ether oxygens (including phenoxy) is 1. The molecule has 0 radical (unpaired) electrons. The zero-order chi connectivity index (χ0) is 23.1. The Morgan fingerprint density at radius 1 is 1.03 bits per heavy atom. The lowest BCUT2D eigenvalue weighted by Gasteiger charge is -2.43. The lowest BCUT2D eigenvalue weighted by atomic mass is 9.71. The van der Waals surface area contributed by atoms with Crippen molar-refractivity contribution in [1.29, 1.82) is 0 Å². The summed E-state index contributed by atoms with van der Waals surface area (Å²) < 4.78 is 5.73. The number of benzene rings is 1. The van der Waals surface area contributed by atoms with Gasteiger partial charge in [0.15, 0.2) is 0 Å². The molecule has 0 unspecified atom stereocenters. The van der Waals surface area contributed by atoms with Crippen LogP contribution in [0.15, 0.2) is 67.1 Å². The summed E-state index contributed by atoms with van der Waals surface area (Å²) in [4.78, 5) is 23.0. The van der Waals surface area contributed by atoms with Gasteiger partial charge in [-0.1, -0.05) is 35.3 Å². The maximum absolute atomic E-state index is 12.8. The normalized spacial score (nSPS) is 18.4. The van der Waals surface area contributed by atoms with Crippen LogP contribution in [0.2, 0.25) is 10.0 Å². The summed E-state index contributed by atoms with van der Waals surface area (Å²) in [6.07, 6.45) is 7.15. The Labute approximate surface area is 203 Å². The maximum atomic E-state index is 12.8. The Kier molecular flexibility index (Phi) is 7.81. The molecule has 1 saturated heterocycles. The number of hydrogen-bond donors (Lipinski definition) is 1. The van der Waals surface area contributed by atoms with Gasteiger partial charge < -0.3 is 10.1 Å². The fourth-order valence-corrected chi connectivity index (χ4v) is 4.51. The average Bonchev–Trinajstić information content (AvgIpc) is 2.85. The SMILES string of the molecule is O=C1CC[C@](CCNCCOc2ccncc2)(c2ccc(Cl)c(Cl)c2)CN1c1ccccn1. The molecule has 1 aliphatic rings. The molecule has 0 bridgehead atoms. The fraction of sp³-hybridized carbons (Fsp3) is 0.320. The quantitative estimate of drug-likeness (QED) is 0.437. The van der Waals surface area contributed by atoms with Gasteiger partial charge in [0.2, 0.25) is 5.91 Å². The van der Waals surface area contributed by atoms with Crippen LogP contribution in [0, 0.1) is 0 Å². The Morgan fingerprint density at radius 2 is 1.88 bits per heavy atom. The first-order valence-electron chi connectivity index (χ1n) is 11.0. The average molecular weight is 485 g/mol. The molecule has 1 fully saturated rings. The van der Waals surface area contributed by atoms with Crippen molar-refractivity contribution in [2.45, 2.75) is 24.7 Å². The molecule has 8 heteroatoms. The van der Waals surface area contributed by atoms with Gasteiger partial charge >= 0.3 is 0 Å². The van der Waals surface area contributed by atoms with E-state index in [0.29, 0.717) is 42.0 Å². The molecule has 3 aromatic rings. The molecular formula is C25H26Cl2N4O2. The third-order valence-electron chi connectivity index (χ3n) is 6.01. The molecule has 1 aliphatic heterocycles. The minimum atomic E-state index is -0.265. The molecule has 0 aliphatic carbocycles. The third-order valence-corrected chi connectivity index (χ3v) is 6.75. The number of nitrogens with one attached hydrogen (secondary N) is 1. The second-order valence-corrected chi connectivity index (χ2v) is 8.92. The van der Waals surface area contributed by atoms with E-state index in [1.807, 2.05) is 48.5 Å². The van der Waals surface area contributed by atoms with Gasteiger partial charge in [-0.15, -0.1) is 0 Å². The summed E-state index contributed by atoms with van der Waals surface area (Å²) in [6, 6.07) is 15.1. The number of aromatic nitrogens is 2. The summed E-state index contributed by atoms with van der Waals surface area (Å²) in [5.41, 5.74) is 0.818. The molecule has 1 atom stereocenters. The number of halogens is 2. The monoisotopic (exact) mass is 484 g/mol. The van der Waals surface area contributed by atoms with E-state index in [0.717, 1.165) is 30.7 Å². The molecule has 1 amide bonds. The van der Waals surface area contributed by atoms with E-state index < -0.39 is 0 Å². The number of rotatable bonds is 9. The number of nitrogens with zero attached hydrogens (tertiary/aromatic N) is 3. The molecule has 4 rings (SSSR count). The molecule has 1 N–H and O–H groups in total. The van der Waals surface area contributed by atoms with Crippen molar-refractivity contribution >= 4 is 34.9 Å². The Morgan fingerprint density at radius 3 is 2.64 bits per heavy atom. The van der Waals surface area contributed by atoms with Crippen LogP contribution in [0.1, 0.15) is 24.8 Å². The fourth-order valence-electron chi connectivity index (χ4n) is 4.21. The molecule has 0 saturated carbocycles. The predicted molar refractivity (Wildman–Crippen MR) is 131 cm³/mol. The largest absolute Gasteiger partial charge is 0.492 e. The van der Waals surface area contributed by atoms with Crippen LogP contribution < -0.4 is 15.0 Å². The van der Waals surface area contributed by atoms with Crippen molar-refractivity contribution in [3.8, 4) is 5.75 Å². The van der Waals surface area contributed by atoms with Crippen LogP contribution in [0.3, 0.4) is 0 Å². The maximum Gasteiger partial charge on any atom is 0.228 e. The first-order valence-corrected chi connectivity index (χ1v) is 11.7. The molecule has 1 aromatic carbocycles. The lowest BCUT2D eigenvalue weighted by molar-refractivity contribution is -0.120.